The van der Waals surface area contributed by atoms with E-state index in [0.717, 1.165) is 6.04 Å². The van der Waals surface area contributed by atoms with E-state index in [1.807, 2.05) is 0 Å². The Balaban J connectivity index is 2.04. The van der Waals surface area contributed by atoms with Crippen LogP contribution in [0.2, 0.25) is 0 Å². The van der Waals surface area contributed by atoms with E-state index in [9.17, 15) is 0 Å². The Labute approximate surface area is 69.2 Å². The van der Waals surface area contributed by atoms with Gasteiger partial charge in [-0.25, -0.2) is 0 Å². The molecule has 0 spiro atoms. The van der Waals surface area contributed by atoms with Crippen LogP contribution in [0.15, 0.2) is 0 Å². The van der Waals surface area contributed by atoms with E-state index < -0.39 is 0 Å². The predicted octanol–water partition coefficient (Wildman–Crippen LogP) is 0.786. The molecule has 0 radical (unpaired) electrons. The number of nitrogens with zero attached hydrogens (tertiary/aromatic N) is 2. The Morgan fingerprint density at radius 2 is 2.09 bits per heavy atom. The highest BCUT2D eigenvalue weighted by molar-refractivity contribution is 4.84. The molecule has 3 heterocycles. The predicted molar refractivity (Wildman–Crippen MR) is 46.7 cm³/mol. The Bertz CT molecular complexity index is 132. The summed E-state index contributed by atoms with van der Waals surface area (Å²) in [5.74, 6) is 0. The molecule has 2 bridgehead atoms. The normalized spacial score (nSPS) is 43.9. The third-order valence-corrected chi connectivity index (χ3v) is 3.08. The van der Waals surface area contributed by atoms with Gasteiger partial charge in [-0.1, -0.05) is 6.92 Å². The first-order valence-corrected chi connectivity index (χ1v) is 4.86. The summed E-state index contributed by atoms with van der Waals surface area (Å²) in [5.41, 5.74) is 0. The summed E-state index contributed by atoms with van der Waals surface area (Å²) in [6.07, 6.45) is 2.72. The Morgan fingerprint density at radius 1 is 1.18 bits per heavy atom. The van der Waals surface area contributed by atoms with Crippen LogP contribution in [0.5, 0.6) is 0 Å². The molecule has 0 aromatic carbocycles. The van der Waals surface area contributed by atoms with Crippen molar-refractivity contribution in [3.8, 4) is 0 Å². The Kier molecular flexibility index (Phi) is 2.14. The van der Waals surface area contributed by atoms with Crippen molar-refractivity contribution in [2.75, 3.05) is 32.7 Å². The fraction of sp³-hybridized carbons (Fsp3) is 1.00. The van der Waals surface area contributed by atoms with E-state index >= 15 is 0 Å². The zero-order valence-electron chi connectivity index (χ0n) is 7.42. The molecule has 3 fully saturated rings. The van der Waals surface area contributed by atoms with Gasteiger partial charge in [0, 0.05) is 25.7 Å². The largest absolute Gasteiger partial charge is 0.300 e. The van der Waals surface area contributed by atoms with Crippen molar-refractivity contribution in [1.29, 1.82) is 0 Å². The quantitative estimate of drug-likeness (QED) is 0.551. The van der Waals surface area contributed by atoms with Crippen LogP contribution in [-0.4, -0.2) is 48.6 Å². The van der Waals surface area contributed by atoms with Crippen molar-refractivity contribution in [1.82, 2.24) is 9.80 Å². The molecule has 0 aromatic rings. The molecule has 2 nitrogen and oxygen atoms in total. The standard InChI is InChI=1S/C9H18N2/c1-2-9-8-10-4-3-5-11(9)7-6-10/h9H,2-8H2,1H3. The second-order valence-corrected chi connectivity index (χ2v) is 3.75. The molecule has 3 unspecified atom stereocenters. The summed E-state index contributed by atoms with van der Waals surface area (Å²) in [6, 6.07) is 0.867. The molecule has 2 heteroatoms. The van der Waals surface area contributed by atoms with Gasteiger partial charge in [-0.05, 0) is 25.9 Å². The SMILES string of the molecule is CCC1CN2CCCN1CC2. The van der Waals surface area contributed by atoms with Crippen molar-refractivity contribution in [2.45, 2.75) is 25.8 Å². The van der Waals surface area contributed by atoms with Crippen LogP contribution in [0.4, 0.5) is 0 Å². The van der Waals surface area contributed by atoms with Crippen LogP contribution < -0.4 is 0 Å². The van der Waals surface area contributed by atoms with E-state index in [0.29, 0.717) is 0 Å². The maximum Gasteiger partial charge on any atom is 0.0221 e. The topological polar surface area (TPSA) is 6.48 Å². The van der Waals surface area contributed by atoms with Crippen LogP contribution >= 0.6 is 0 Å². The Morgan fingerprint density at radius 3 is 2.91 bits per heavy atom. The van der Waals surface area contributed by atoms with Crippen molar-refractivity contribution in [3.63, 3.8) is 0 Å². The van der Waals surface area contributed by atoms with Gasteiger partial charge in [-0.2, -0.15) is 0 Å². The van der Waals surface area contributed by atoms with Gasteiger partial charge in [-0.15, -0.1) is 0 Å². The van der Waals surface area contributed by atoms with Gasteiger partial charge in [0.25, 0.3) is 0 Å². The van der Waals surface area contributed by atoms with Gasteiger partial charge < -0.3 is 4.90 Å². The maximum absolute atomic E-state index is 2.67. The fourth-order valence-corrected chi connectivity index (χ4v) is 2.34. The number of rotatable bonds is 1. The number of fused-ring (bicyclic) bond motifs is 4. The minimum atomic E-state index is 0.867. The smallest absolute Gasteiger partial charge is 0.0221 e. The summed E-state index contributed by atoms with van der Waals surface area (Å²) in [7, 11) is 0. The number of piperazine rings is 1. The second kappa shape index (κ2) is 3.11. The molecule has 64 valence electrons. The lowest BCUT2D eigenvalue weighted by atomic mass is 10.1. The first-order valence-electron chi connectivity index (χ1n) is 4.86. The molecule has 0 amide bonds. The molecule has 0 N–H and O–H groups in total. The average molecular weight is 154 g/mol. The van der Waals surface area contributed by atoms with Crippen LogP contribution in [0, 0.1) is 0 Å². The molecule has 0 aromatic heterocycles. The molecule has 3 atom stereocenters. The van der Waals surface area contributed by atoms with Gasteiger partial charge >= 0.3 is 0 Å². The highest BCUT2D eigenvalue weighted by Gasteiger charge is 2.27. The van der Waals surface area contributed by atoms with Crippen molar-refractivity contribution < 1.29 is 0 Å². The maximum atomic E-state index is 2.67. The van der Waals surface area contributed by atoms with E-state index in [2.05, 4.69) is 16.7 Å². The summed E-state index contributed by atoms with van der Waals surface area (Å²) in [5, 5.41) is 0. The molecule has 3 aliphatic heterocycles. The minimum absolute atomic E-state index is 0.867. The molecule has 11 heavy (non-hydrogen) atoms. The lowest BCUT2D eigenvalue weighted by molar-refractivity contribution is 0.111. The summed E-state index contributed by atoms with van der Waals surface area (Å²) >= 11 is 0. The molecule has 0 aliphatic carbocycles. The highest BCUT2D eigenvalue weighted by atomic mass is 15.3. The van der Waals surface area contributed by atoms with E-state index in [4.69, 9.17) is 0 Å². The lowest BCUT2D eigenvalue weighted by Gasteiger charge is -2.36. The zero-order valence-corrected chi connectivity index (χ0v) is 7.42. The number of hydrogen-bond acceptors (Lipinski definition) is 2. The van der Waals surface area contributed by atoms with Crippen LogP contribution in [0.1, 0.15) is 19.8 Å². The lowest BCUT2D eigenvalue weighted by Crippen LogP contribution is -2.49. The van der Waals surface area contributed by atoms with Gasteiger partial charge in [0.15, 0.2) is 0 Å². The average Bonchev–Trinajstić information content (AvgIpc) is 2.37. The van der Waals surface area contributed by atoms with E-state index in [-0.39, 0.29) is 0 Å². The molecular formula is C9H18N2. The summed E-state index contributed by atoms with van der Waals surface area (Å²) < 4.78 is 0. The molecular weight excluding hydrogens is 136 g/mol. The second-order valence-electron chi connectivity index (χ2n) is 3.75. The monoisotopic (exact) mass is 154 g/mol. The third kappa shape index (κ3) is 1.42. The van der Waals surface area contributed by atoms with Crippen LogP contribution in [0.25, 0.3) is 0 Å². The molecule has 3 rings (SSSR count). The molecule has 0 saturated carbocycles. The third-order valence-electron chi connectivity index (χ3n) is 3.08. The van der Waals surface area contributed by atoms with Crippen molar-refractivity contribution in [2.24, 2.45) is 0 Å². The van der Waals surface area contributed by atoms with Gasteiger partial charge in [0.05, 0.1) is 0 Å². The summed E-state index contributed by atoms with van der Waals surface area (Å²) in [4.78, 5) is 5.29. The molecule has 3 saturated heterocycles. The number of hydrogen-bond donors (Lipinski definition) is 0. The van der Waals surface area contributed by atoms with Gasteiger partial charge in [0.2, 0.25) is 0 Å². The molecule has 3 aliphatic rings. The first-order chi connectivity index (χ1) is 5.40. The van der Waals surface area contributed by atoms with Crippen molar-refractivity contribution >= 4 is 0 Å². The minimum Gasteiger partial charge on any atom is -0.300 e. The van der Waals surface area contributed by atoms with Gasteiger partial charge in [-0.3, -0.25) is 4.90 Å². The first kappa shape index (κ1) is 7.56. The van der Waals surface area contributed by atoms with Crippen LogP contribution in [0.3, 0.4) is 0 Å². The Hall–Kier alpha value is -0.0800. The summed E-state index contributed by atoms with van der Waals surface area (Å²) in [6.45, 7) is 8.96. The zero-order chi connectivity index (χ0) is 7.68. The van der Waals surface area contributed by atoms with Crippen LogP contribution in [-0.2, 0) is 0 Å². The van der Waals surface area contributed by atoms with E-state index in [1.165, 1.54) is 45.6 Å². The highest BCUT2D eigenvalue weighted by Crippen LogP contribution is 2.16. The van der Waals surface area contributed by atoms with Gasteiger partial charge in [0.1, 0.15) is 0 Å². The van der Waals surface area contributed by atoms with Crippen molar-refractivity contribution in [3.05, 3.63) is 0 Å². The fourth-order valence-electron chi connectivity index (χ4n) is 2.34. The van der Waals surface area contributed by atoms with E-state index in [1.54, 1.807) is 0 Å².